The lowest BCUT2D eigenvalue weighted by atomic mass is 10.3. The summed E-state index contributed by atoms with van der Waals surface area (Å²) in [5.74, 6) is 2.17. The fourth-order valence-corrected chi connectivity index (χ4v) is 5.74. The summed E-state index contributed by atoms with van der Waals surface area (Å²) in [5.41, 5.74) is 0. The third-order valence-electron chi connectivity index (χ3n) is 4.76. The molecule has 0 spiro atoms. The maximum Gasteiger partial charge on any atom is 0.306 e. The first-order valence-corrected chi connectivity index (χ1v) is 16.7. The predicted molar refractivity (Wildman–Crippen MR) is 145 cm³/mol. The number of rotatable bonds is 25. The monoisotopic (exact) mass is 565 g/mol. The molecule has 3 N–H and O–H groups in total. The van der Waals surface area contributed by atoms with Gasteiger partial charge in [-0.3, -0.25) is 9.35 Å². The quantitative estimate of drug-likeness (QED) is 0.0378. The summed E-state index contributed by atoms with van der Waals surface area (Å²) in [7, 11) is 0.0810. The van der Waals surface area contributed by atoms with Crippen molar-refractivity contribution in [1.82, 2.24) is 5.32 Å². The Bertz CT molecular complexity index is 596. The molecule has 0 bridgehead atoms. The first-order chi connectivity index (χ1) is 16.2. The van der Waals surface area contributed by atoms with Crippen LogP contribution in [0.1, 0.15) is 38.5 Å². The van der Waals surface area contributed by atoms with Gasteiger partial charge in [0.25, 0.3) is 10.1 Å². The maximum absolute atomic E-state index is 11.8. The summed E-state index contributed by atoms with van der Waals surface area (Å²) >= 11 is 4.49. The molecule has 0 rings (SSSR count). The molecule has 0 saturated carbocycles. The van der Waals surface area contributed by atoms with Crippen molar-refractivity contribution in [2.45, 2.75) is 38.5 Å². The summed E-state index contributed by atoms with van der Waals surface area (Å²) in [6.45, 7) is 5.21. The molecule has 13 heteroatoms. The Kier molecular flexibility index (Phi) is 22.6. The molecule has 0 aliphatic heterocycles. The van der Waals surface area contributed by atoms with E-state index in [1.54, 1.807) is 11.8 Å². The number of carbonyl (C=O) groups excluding carboxylic acids is 1. The number of nitrogens with one attached hydrogen (secondary N) is 1. The minimum absolute atomic E-state index is 0.177. The Labute approximate surface area is 219 Å². The second-order valence-electron chi connectivity index (χ2n) is 8.54. The highest BCUT2D eigenvalue weighted by atomic mass is 32.2. The average Bonchev–Trinajstić information content (AvgIpc) is 2.75. The summed E-state index contributed by atoms with van der Waals surface area (Å²) in [5, 5.41) is 4.28. The van der Waals surface area contributed by atoms with Crippen LogP contribution in [0.4, 0.5) is 0 Å². The molecule has 204 valence electrons. The molecule has 34 heavy (non-hydrogen) atoms. The highest BCUT2D eigenvalue weighted by Gasteiger charge is 2.16. The number of thioether (sulfide) groups is 2. The van der Waals surface area contributed by atoms with Gasteiger partial charge in [0.05, 0.1) is 46.0 Å². The van der Waals surface area contributed by atoms with E-state index in [-0.39, 0.29) is 11.7 Å². The normalized spacial score (nSPS) is 12.2. The van der Waals surface area contributed by atoms with Crippen LogP contribution in [0.25, 0.3) is 0 Å². The van der Waals surface area contributed by atoms with Crippen LogP contribution in [0.5, 0.6) is 0 Å². The average molecular weight is 566 g/mol. The van der Waals surface area contributed by atoms with Crippen molar-refractivity contribution < 1.29 is 36.3 Å². The Morgan fingerprint density at radius 3 is 2.32 bits per heavy atom. The molecule has 0 aliphatic carbocycles. The Hall–Kier alpha value is 0.270. The molecule has 0 atom stereocenters. The Morgan fingerprint density at radius 2 is 1.59 bits per heavy atom. The van der Waals surface area contributed by atoms with E-state index >= 15 is 0 Å². The van der Waals surface area contributed by atoms with Gasteiger partial charge in [-0.25, -0.2) is 0 Å². The van der Waals surface area contributed by atoms with E-state index in [4.69, 9.17) is 18.6 Å². The minimum Gasteiger partial charge on any atom is -0.465 e. The molecule has 0 saturated heterocycles. The molecule has 0 aromatic rings. The summed E-state index contributed by atoms with van der Waals surface area (Å²) in [6.07, 6.45) is 4.53. The second kappa shape index (κ2) is 22.5. The SMILES string of the molecule is C[N+](C)(CCCOC(=O)CCSCSCCCOCCCNCCCSO)CCCS(=O)(=O)O. The Balaban J connectivity index is 3.39. The topological polar surface area (TPSA) is 122 Å². The molecule has 0 unspecified atom stereocenters. The lowest BCUT2D eigenvalue weighted by Crippen LogP contribution is -2.42. The van der Waals surface area contributed by atoms with Crippen LogP contribution in [-0.4, -0.2) is 116 Å². The van der Waals surface area contributed by atoms with Gasteiger partial charge in [-0.05, 0) is 50.1 Å². The van der Waals surface area contributed by atoms with Crippen LogP contribution in [0, 0.1) is 0 Å². The van der Waals surface area contributed by atoms with Crippen molar-refractivity contribution in [3.63, 3.8) is 0 Å². The van der Waals surface area contributed by atoms with Gasteiger partial charge in [0.1, 0.15) is 0 Å². The summed E-state index contributed by atoms with van der Waals surface area (Å²) in [4.78, 5) is 11.8. The van der Waals surface area contributed by atoms with Gasteiger partial charge < -0.3 is 23.8 Å². The minimum atomic E-state index is -3.91. The highest BCUT2D eigenvalue weighted by Crippen LogP contribution is 2.14. The molecule has 0 amide bonds. The van der Waals surface area contributed by atoms with Crippen molar-refractivity contribution >= 4 is 51.7 Å². The van der Waals surface area contributed by atoms with Gasteiger partial charge >= 0.3 is 5.97 Å². The molecular formula is C21H45N2O7S4+. The van der Waals surface area contributed by atoms with E-state index in [0.717, 1.165) is 92.9 Å². The molecule has 0 fully saturated rings. The van der Waals surface area contributed by atoms with E-state index in [1.807, 2.05) is 25.9 Å². The lowest BCUT2D eigenvalue weighted by Gasteiger charge is -2.29. The molecular weight excluding hydrogens is 521 g/mol. The molecule has 0 aliphatic rings. The molecule has 0 heterocycles. The number of nitrogens with zero attached hydrogens (tertiary/aromatic N) is 1. The standard InChI is InChI=1S/C21H44N2O7S4/c1-23(2,12-6-19-34(26,27)28)11-5-15-30-21(24)8-18-32-20-31-16-7-14-29-13-3-9-22-10-4-17-33-25/h22H,3-20H2,1-2H3,(H-,25,26,27,28)/p+1. The van der Waals surface area contributed by atoms with Crippen LogP contribution >= 0.6 is 35.6 Å². The van der Waals surface area contributed by atoms with E-state index in [9.17, 15) is 13.2 Å². The fraction of sp³-hybridized carbons (Fsp3) is 0.952. The van der Waals surface area contributed by atoms with Crippen LogP contribution in [-0.2, 0) is 24.4 Å². The molecule has 0 radical (unpaired) electrons. The van der Waals surface area contributed by atoms with Gasteiger partial charge in [-0.2, -0.15) is 31.9 Å². The van der Waals surface area contributed by atoms with E-state index < -0.39 is 10.1 Å². The Morgan fingerprint density at radius 1 is 0.912 bits per heavy atom. The number of quaternary nitrogens is 1. The number of ether oxygens (including phenoxy) is 2. The van der Waals surface area contributed by atoms with Crippen molar-refractivity contribution in [2.24, 2.45) is 0 Å². The van der Waals surface area contributed by atoms with Crippen LogP contribution in [0.3, 0.4) is 0 Å². The molecule has 0 aromatic carbocycles. The van der Waals surface area contributed by atoms with Crippen molar-refractivity contribution in [1.29, 1.82) is 0 Å². The van der Waals surface area contributed by atoms with Gasteiger partial charge in [-0.15, -0.1) is 0 Å². The number of hydrogen-bond acceptors (Lipinski definition) is 10. The summed E-state index contributed by atoms with van der Waals surface area (Å²) < 4.78 is 50.5. The summed E-state index contributed by atoms with van der Waals surface area (Å²) in [6, 6.07) is 0. The van der Waals surface area contributed by atoms with Gasteiger partial charge in [-0.1, -0.05) is 0 Å². The van der Waals surface area contributed by atoms with E-state index in [1.165, 1.54) is 0 Å². The van der Waals surface area contributed by atoms with E-state index in [0.29, 0.717) is 30.5 Å². The second-order valence-corrected chi connectivity index (χ2v) is 13.4. The third kappa shape index (κ3) is 26.9. The van der Waals surface area contributed by atoms with Crippen LogP contribution < -0.4 is 5.32 Å². The van der Waals surface area contributed by atoms with Crippen molar-refractivity contribution in [3.8, 4) is 0 Å². The van der Waals surface area contributed by atoms with Gasteiger partial charge in [0, 0.05) is 42.6 Å². The van der Waals surface area contributed by atoms with Crippen molar-refractivity contribution in [3.05, 3.63) is 0 Å². The number of esters is 1. The molecule has 9 nitrogen and oxygen atoms in total. The third-order valence-corrected chi connectivity index (χ3v) is 8.44. The zero-order valence-electron chi connectivity index (χ0n) is 20.7. The first-order valence-electron chi connectivity index (χ1n) is 11.8. The van der Waals surface area contributed by atoms with Gasteiger partial charge in [0.15, 0.2) is 0 Å². The van der Waals surface area contributed by atoms with Crippen molar-refractivity contribution in [2.75, 3.05) is 88.2 Å². The largest absolute Gasteiger partial charge is 0.465 e. The predicted octanol–water partition coefficient (Wildman–Crippen LogP) is 3.07. The van der Waals surface area contributed by atoms with Gasteiger partial charge in [0.2, 0.25) is 0 Å². The first kappa shape index (κ1) is 34.3. The molecule has 0 aromatic heterocycles. The smallest absolute Gasteiger partial charge is 0.306 e. The number of hydrogen-bond donors (Lipinski definition) is 3. The zero-order chi connectivity index (χ0) is 25.5. The number of carbonyl (C=O) groups is 1. The van der Waals surface area contributed by atoms with Crippen LogP contribution in [0.15, 0.2) is 0 Å². The van der Waals surface area contributed by atoms with E-state index in [2.05, 4.69) is 5.32 Å². The lowest BCUT2D eigenvalue weighted by molar-refractivity contribution is -0.890. The highest BCUT2D eigenvalue weighted by molar-refractivity contribution is 8.15. The van der Waals surface area contributed by atoms with Crippen LogP contribution in [0.2, 0.25) is 0 Å². The fourth-order valence-electron chi connectivity index (χ4n) is 2.92. The zero-order valence-corrected chi connectivity index (χ0v) is 24.0. The maximum atomic E-state index is 11.8.